The zero-order valence-electron chi connectivity index (χ0n) is 13.8. The molecule has 1 amide bonds. The average Bonchev–Trinajstić information content (AvgIpc) is 2.50. The van der Waals surface area contributed by atoms with Gasteiger partial charge in [0, 0.05) is 12.6 Å². The Labute approximate surface area is 136 Å². The number of amides is 1. The number of benzene rings is 1. The summed E-state index contributed by atoms with van der Waals surface area (Å²) < 4.78 is 5.95. The van der Waals surface area contributed by atoms with E-state index in [0.29, 0.717) is 13.2 Å². The summed E-state index contributed by atoms with van der Waals surface area (Å²) in [4.78, 5) is 24.4. The quantitative estimate of drug-likeness (QED) is 0.854. The predicted octanol–water partition coefficient (Wildman–Crippen LogP) is 1.27. The third-order valence-corrected chi connectivity index (χ3v) is 4.13. The third-order valence-electron chi connectivity index (χ3n) is 4.13. The lowest BCUT2D eigenvalue weighted by Gasteiger charge is -2.38. The Kier molecular flexibility index (Phi) is 5.74. The summed E-state index contributed by atoms with van der Waals surface area (Å²) >= 11 is 0. The highest BCUT2D eigenvalue weighted by atomic mass is 16.5. The van der Waals surface area contributed by atoms with Crippen molar-refractivity contribution in [1.29, 1.82) is 0 Å². The van der Waals surface area contributed by atoms with Crippen molar-refractivity contribution in [1.82, 2.24) is 10.2 Å². The molecule has 2 N–H and O–H groups in total. The van der Waals surface area contributed by atoms with Crippen LogP contribution in [-0.4, -0.2) is 54.2 Å². The van der Waals surface area contributed by atoms with Gasteiger partial charge in [-0.15, -0.1) is 0 Å². The van der Waals surface area contributed by atoms with Crippen LogP contribution in [0.2, 0.25) is 0 Å². The minimum Gasteiger partial charge on any atom is -0.480 e. The minimum atomic E-state index is -1.04. The molecule has 1 aromatic rings. The maximum absolute atomic E-state index is 11.9. The largest absolute Gasteiger partial charge is 0.480 e. The van der Waals surface area contributed by atoms with Crippen molar-refractivity contribution in [2.24, 2.45) is 0 Å². The normalized spacial score (nSPS) is 21.9. The molecule has 6 heteroatoms. The van der Waals surface area contributed by atoms with Gasteiger partial charge >= 0.3 is 5.97 Å². The van der Waals surface area contributed by atoms with E-state index in [1.807, 2.05) is 18.7 Å². The van der Waals surface area contributed by atoms with Crippen LogP contribution in [0.1, 0.15) is 29.7 Å². The van der Waals surface area contributed by atoms with E-state index in [0.717, 1.165) is 5.56 Å². The van der Waals surface area contributed by atoms with Crippen molar-refractivity contribution >= 4 is 11.9 Å². The fraction of sp³-hybridized carbons (Fsp3) is 0.529. The summed E-state index contributed by atoms with van der Waals surface area (Å²) in [6.45, 7) is 7.10. The average molecular weight is 320 g/mol. The van der Waals surface area contributed by atoms with Crippen LogP contribution in [0.5, 0.6) is 0 Å². The van der Waals surface area contributed by atoms with Crippen LogP contribution >= 0.6 is 0 Å². The molecule has 0 aliphatic carbocycles. The maximum Gasteiger partial charge on any atom is 0.322 e. The zero-order chi connectivity index (χ0) is 17.0. The van der Waals surface area contributed by atoms with Gasteiger partial charge in [-0.3, -0.25) is 14.5 Å². The molecule has 6 nitrogen and oxygen atoms in total. The lowest BCUT2D eigenvalue weighted by molar-refractivity contribution is -0.138. The van der Waals surface area contributed by atoms with Gasteiger partial charge in [0.2, 0.25) is 5.91 Å². The first-order valence-corrected chi connectivity index (χ1v) is 7.78. The molecular formula is C17H24N2O4. The molecule has 126 valence electrons. The van der Waals surface area contributed by atoms with Gasteiger partial charge in [0.1, 0.15) is 6.54 Å². The van der Waals surface area contributed by atoms with Crippen LogP contribution in [0.25, 0.3) is 0 Å². The highest BCUT2D eigenvalue weighted by Crippen LogP contribution is 2.27. The number of morpholine rings is 1. The van der Waals surface area contributed by atoms with E-state index in [1.165, 1.54) is 11.1 Å². The molecule has 0 aromatic heterocycles. The Morgan fingerprint density at radius 3 is 2.83 bits per heavy atom. The van der Waals surface area contributed by atoms with Crippen LogP contribution in [-0.2, 0) is 14.3 Å². The smallest absolute Gasteiger partial charge is 0.322 e. The molecule has 2 atom stereocenters. The number of nitrogens with one attached hydrogen (secondary N) is 1. The van der Waals surface area contributed by atoms with Crippen molar-refractivity contribution < 1.29 is 19.4 Å². The van der Waals surface area contributed by atoms with E-state index in [9.17, 15) is 9.59 Å². The van der Waals surface area contributed by atoms with E-state index in [4.69, 9.17) is 9.84 Å². The van der Waals surface area contributed by atoms with Crippen molar-refractivity contribution in [2.45, 2.75) is 32.9 Å². The van der Waals surface area contributed by atoms with Crippen molar-refractivity contribution in [3.8, 4) is 0 Å². The first-order valence-electron chi connectivity index (χ1n) is 7.78. The monoisotopic (exact) mass is 320 g/mol. The number of rotatable bonds is 5. The molecule has 0 bridgehead atoms. The van der Waals surface area contributed by atoms with E-state index in [1.54, 1.807) is 0 Å². The van der Waals surface area contributed by atoms with Crippen molar-refractivity contribution in [3.63, 3.8) is 0 Å². The molecule has 1 heterocycles. The molecule has 1 saturated heterocycles. The lowest BCUT2D eigenvalue weighted by Crippen LogP contribution is -2.49. The second-order valence-electron chi connectivity index (χ2n) is 6.13. The number of carbonyl (C=O) groups excluding carboxylic acids is 1. The molecule has 0 radical (unpaired) electrons. The highest BCUT2D eigenvalue weighted by Gasteiger charge is 2.29. The van der Waals surface area contributed by atoms with E-state index < -0.39 is 5.97 Å². The van der Waals surface area contributed by atoms with Gasteiger partial charge in [-0.25, -0.2) is 0 Å². The minimum absolute atomic E-state index is 0.0710. The summed E-state index contributed by atoms with van der Waals surface area (Å²) in [5, 5.41) is 11.0. The number of nitrogens with zero attached hydrogens (tertiary/aromatic N) is 1. The number of hydrogen-bond donors (Lipinski definition) is 2. The number of aryl methyl sites for hydroxylation is 2. The Morgan fingerprint density at radius 2 is 2.13 bits per heavy atom. The fourth-order valence-electron chi connectivity index (χ4n) is 2.74. The summed E-state index contributed by atoms with van der Waals surface area (Å²) in [6, 6.07) is 6.39. The van der Waals surface area contributed by atoms with Gasteiger partial charge in [-0.2, -0.15) is 0 Å². The Bertz CT molecular complexity index is 588. The van der Waals surface area contributed by atoms with Crippen molar-refractivity contribution in [3.05, 3.63) is 34.9 Å². The summed E-state index contributed by atoms with van der Waals surface area (Å²) in [6.07, 6.45) is -0.0710. The van der Waals surface area contributed by atoms with E-state index in [-0.39, 0.29) is 31.1 Å². The van der Waals surface area contributed by atoms with Crippen LogP contribution in [0.15, 0.2) is 18.2 Å². The molecule has 2 unspecified atom stereocenters. The Morgan fingerprint density at radius 1 is 1.39 bits per heavy atom. The number of aliphatic carboxylic acids is 1. The molecule has 1 fully saturated rings. The van der Waals surface area contributed by atoms with E-state index >= 15 is 0 Å². The number of carbonyl (C=O) groups is 2. The molecule has 1 aliphatic heterocycles. The number of carboxylic acid groups (broad SMARTS) is 1. The number of hydrogen-bond acceptors (Lipinski definition) is 4. The highest BCUT2D eigenvalue weighted by molar-refractivity contribution is 5.82. The number of carboxylic acids is 1. The topological polar surface area (TPSA) is 78.9 Å². The Balaban J connectivity index is 2.02. The molecule has 23 heavy (non-hydrogen) atoms. The first-order chi connectivity index (χ1) is 10.9. The van der Waals surface area contributed by atoms with Gasteiger partial charge in [-0.1, -0.05) is 23.8 Å². The SMILES string of the molecule is Cc1ccc(C)c(C2CN(CC(=O)NCC(=O)O)C(C)CO2)c1. The van der Waals surface area contributed by atoms with Crippen molar-refractivity contribution in [2.75, 3.05) is 26.2 Å². The molecule has 2 rings (SSSR count). The second kappa shape index (κ2) is 7.57. The van der Waals surface area contributed by atoms with E-state index in [2.05, 4.69) is 30.4 Å². The standard InChI is InChI=1S/C17H24N2O4/c1-11-4-5-12(2)14(6-11)15-8-19(13(3)10-23-15)9-16(20)18-7-17(21)22/h4-6,13,15H,7-10H2,1-3H3,(H,18,20)(H,21,22). The fourth-order valence-corrected chi connectivity index (χ4v) is 2.74. The number of ether oxygens (including phenoxy) is 1. The first kappa shape index (κ1) is 17.4. The van der Waals surface area contributed by atoms with Gasteiger partial charge in [-0.05, 0) is 31.9 Å². The molecule has 0 saturated carbocycles. The molecular weight excluding hydrogens is 296 g/mol. The van der Waals surface area contributed by atoms with Crippen LogP contribution < -0.4 is 5.32 Å². The summed E-state index contributed by atoms with van der Waals surface area (Å²) in [5.74, 6) is -1.32. The van der Waals surface area contributed by atoms with Gasteiger partial charge in [0.25, 0.3) is 0 Å². The van der Waals surface area contributed by atoms with Crippen LogP contribution in [0.4, 0.5) is 0 Å². The maximum atomic E-state index is 11.9. The van der Waals surface area contributed by atoms with Gasteiger partial charge in [0.15, 0.2) is 0 Å². The summed E-state index contributed by atoms with van der Waals surface area (Å²) in [5.41, 5.74) is 3.50. The molecule has 1 aliphatic rings. The second-order valence-corrected chi connectivity index (χ2v) is 6.13. The molecule has 0 spiro atoms. The van der Waals surface area contributed by atoms with Gasteiger partial charge in [0.05, 0.1) is 19.3 Å². The molecule has 1 aromatic carbocycles. The Hall–Kier alpha value is -1.92. The van der Waals surface area contributed by atoms with Crippen LogP contribution in [0, 0.1) is 13.8 Å². The summed E-state index contributed by atoms with van der Waals surface area (Å²) in [7, 11) is 0. The predicted molar refractivity (Wildman–Crippen MR) is 86.3 cm³/mol. The van der Waals surface area contributed by atoms with Gasteiger partial charge < -0.3 is 15.2 Å². The lowest BCUT2D eigenvalue weighted by atomic mass is 9.99. The zero-order valence-corrected chi connectivity index (χ0v) is 13.8. The third kappa shape index (κ3) is 4.77. The van der Waals surface area contributed by atoms with Crippen LogP contribution in [0.3, 0.4) is 0 Å².